The standard InChI is InChI=1S/C54H45N6OP/c1-40-22-13-16-31-46(40)58(43-25-7-4-8-26-43)49-34-19-37-52(55-49)62(61,53-38-20-35-50(56-53)59(44-27-9-5-10-28-44)47-32-17-14-23-41(47)2)54-39-21-36-51(57-54)60(45-29-11-6-12-30-45)48-33-18-15-24-42(48)3/h4-39H,1-3H3. The molecule has 3 heterocycles. The SMILES string of the molecule is Cc1ccccc1N(c1ccccc1)c1cccc(P(=O)(c2cccc(N(c3ccccc3)c3ccccc3C)n2)c2cccc(N(c3ccccc3)c3ccccc3C)n2)n1. The van der Waals surface area contributed by atoms with Gasteiger partial charge in [0.15, 0.2) is 0 Å². The van der Waals surface area contributed by atoms with Crippen LogP contribution in [0.25, 0.3) is 0 Å². The van der Waals surface area contributed by atoms with Crippen LogP contribution >= 0.6 is 7.14 Å². The summed E-state index contributed by atoms with van der Waals surface area (Å²) in [5.41, 5.74) is 9.99. The third kappa shape index (κ3) is 7.78. The van der Waals surface area contributed by atoms with Crippen molar-refractivity contribution < 1.29 is 4.57 Å². The molecule has 0 atom stereocenters. The number of nitrogens with zero attached hydrogens (tertiary/aromatic N) is 6. The second-order valence-electron chi connectivity index (χ2n) is 15.0. The maximum Gasteiger partial charge on any atom is 0.223 e. The van der Waals surface area contributed by atoms with Crippen molar-refractivity contribution in [3.63, 3.8) is 0 Å². The fourth-order valence-electron chi connectivity index (χ4n) is 7.85. The molecule has 0 fully saturated rings. The third-order valence-corrected chi connectivity index (χ3v) is 13.6. The van der Waals surface area contributed by atoms with Gasteiger partial charge in [-0.1, -0.05) is 127 Å². The normalized spacial score (nSPS) is 11.2. The highest BCUT2D eigenvalue weighted by Gasteiger charge is 2.37. The number of hydrogen-bond acceptors (Lipinski definition) is 7. The summed E-state index contributed by atoms with van der Waals surface area (Å²) in [6, 6.07) is 72.3. The van der Waals surface area contributed by atoms with E-state index in [2.05, 4.69) is 108 Å². The molecular weight excluding hydrogens is 780 g/mol. The van der Waals surface area contributed by atoms with Gasteiger partial charge >= 0.3 is 0 Å². The zero-order chi connectivity index (χ0) is 42.5. The lowest BCUT2D eigenvalue weighted by molar-refractivity contribution is 0.591. The average Bonchev–Trinajstić information content (AvgIpc) is 3.32. The van der Waals surface area contributed by atoms with E-state index in [0.29, 0.717) is 33.8 Å². The summed E-state index contributed by atoms with van der Waals surface area (Å²) in [6.07, 6.45) is 0. The van der Waals surface area contributed by atoms with E-state index in [4.69, 9.17) is 15.0 Å². The molecule has 0 unspecified atom stereocenters. The number of aromatic nitrogens is 3. The number of pyridine rings is 3. The molecule has 0 saturated heterocycles. The fourth-order valence-corrected chi connectivity index (χ4v) is 10.2. The molecule has 0 saturated carbocycles. The van der Waals surface area contributed by atoms with Crippen LogP contribution in [0.1, 0.15) is 16.7 Å². The minimum atomic E-state index is -3.97. The Morgan fingerprint density at radius 3 is 0.839 bits per heavy atom. The van der Waals surface area contributed by atoms with E-state index < -0.39 is 7.14 Å². The minimum absolute atomic E-state index is 0.364. The first kappa shape index (κ1) is 39.8. The Morgan fingerprint density at radius 2 is 0.565 bits per heavy atom. The average molecular weight is 825 g/mol. The van der Waals surface area contributed by atoms with E-state index in [0.717, 1.165) is 50.8 Å². The summed E-state index contributed by atoms with van der Waals surface area (Å²) in [6.45, 7) is 6.26. The summed E-state index contributed by atoms with van der Waals surface area (Å²) < 4.78 is 16.9. The van der Waals surface area contributed by atoms with E-state index in [1.807, 2.05) is 146 Å². The van der Waals surface area contributed by atoms with Gasteiger partial charge in [0, 0.05) is 17.1 Å². The zero-order valence-corrected chi connectivity index (χ0v) is 35.7. The van der Waals surface area contributed by atoms with Gasteiger partial charge in [-0.05, 0) is 128 Å². The molecule has 0 N–H and O–H groups in total. The second-order valence-corrected chi connectivity index (χ2v) is 17.6. The van der Waals surface area contributed by atoms with Gasteiger partial charge < -0.3 is 4.57 Å². The predicted octanol–water partition coefficient (Wildman–Crippen LogP) is 12.8. The number of anilines is 9. The summed E-state index contributed by atoms with van der Waals surface area (Å²) in [5.74, 6) is 1.85. The van der Waals surface area contributed by atoms with Crippen LogP contribution in [0.2, 0.25) is 0 Å². The number of rotatable bonds is 12. The van der Waals surface area contributed by atoms with Crippen LogP contribution in [0, 0.1) is 20.8 Å². The largest absolute Gasteiger partial charge is 0.304 e. The van der Waals surface area contributed by atoms with Crippen LogP contribution in [0.4, 0.5) is 51.6 Å². The van der Waals surface area contributed by atoms with Crippen LogP contribution in [0.5, 0.6) is 0 Å². The van der Waals surface area contributed by atoms with E-state index in [-0.39, 0.29) is 0 Å². The van der Waals surface area contributed by atoms with Gasteiger partial charge in [0.1, 0.15) is 33.8 Å². The Balaban J connectivity index is 1.28. The predicted molar refractivity (Wildman–Crippen MR) is 257 cm³/mol. The summed E-state index contributed by atoms with van der Waals surface area (Å²) in [7, 11) is -3.97. The molecule has 0 aliphatic rings. The van der Waals surface area contributed by atoms with E-state index >= 15 is 4.57 Å². The Morgan fingerprint density at radius 1 is 0.306 bits per heavy atom. The van der Waals surface area contributed by atoms with Crippen molar-refractivity contribution in [3.05, 3.63) is 235 Å². The van der Waals surface area contributed by atoms with Crippen LogP contribution in [-0.2, 0) is 4.57 Å². The lowest BCUT2D eigenvalue weighted by Crippen LogP contribution is -2.32. The molecule has 0 amide bonds. The Bertz CT molecular complexity index is 2690. The molecule has 3 aromatic heterocycles. The van der Waals surface area contributed by atoms with Crippen LogP contribution < -0.4 is 31.0 Å². The number of benzene rings is 6. The van der Waals surface area contributed by atoms with Crippen LogP contribution in [-0.4, -0.2) is 15.0 Å². The Labute approximate surface area is 363 Å². The first-order valence-corrected chi connectivity index (χ1v) is 22.4. The Hall–Kier alpha value is -7.60. The second kappa shape index (κ2) is 17.6. The fraction of sp³-hybridized carbons (Fsp3) is 0.0556. The molecule has 0 aliphatic carbocycles. The molecular formula is C54H45N6OP. The van der Waals surface area contributed by atoms with E-state index in [1.165, 1.54) is 0 Å². The van der Waals surface area contributed by atoms with Crippen LogP contribution in [0.3, 0.4) is 0 Å². The van der Waals surface area contributed by atoms with Crippen molar-refractivity contribution in [2.75, 3.05) is 14.7 Å². The monoisotopic (exact) mass is 824 g/mol. The molecule has 8 heteroatoms. The molecule has 0 radical (unpaired) electrons. The molecule has 7 nitrogen and oxygen atoms in total. The van der Waals surface area contributed by atoms with Crippen molar-refractivity contribution in [1.82, 2.24) is 15.0 Å². The molecule has 6 aromatic carbocycles. The van der Waals surface area contributed by atoms with Gasteiger partial charge in [-0.2, -0.15) is 0 Å². The molecule has 302 valence electrons. The van der Waals surface area contributed by atoms with Gasteiger partial charge in [0.05, 0.1) is 17.1 Å². The molecule has 9 aromatic rings. The Kier molecular flexibility index (Phi) is 11.3. The van der Waals surface area contributed by atoms with E-state index in [9.17, 15) is 0 Å². The molecule has 62 heavy (non-hydrogen) atoms. The quantitative estimate of drug-likeness (QED) is 0.114. The van der Waals surface area contributed by atoms with Crippen LogP contribution in [0.15, 0.2) is 218 Å². The van der Waals surface area contributed by atoms with Crippen molar-refractivity contribution in [1.29, 1.82) is 0 Å². The first-order chi connectivity index (χ1) is 30.4. The summed E-state index contributed by atoms with van der Waals surface area (Å²) in [4.78, 5) is 22.4. The highest BCUT2D eigenvalue weighted by molar-refractivity contribution is 7.84. The number of hydrogen-bond donors (Lipinski definition) is 0. The van der Waals surface area contributed by atoms with Crippen molar-refractivity contribution in [3.8, 4) is 0 Å². The third-order valence-electron chi connectivity index (χ3n) is 10.9. The van der Waals surface area contributed by atoms with Gasteiger partial charge in [-0.25, -0.2) is 15.0 Å². The maximum atomic E-state index is 16.9. The lowest BCUT2D eigenvalue weighted by atomic mass is 10.1. The molecule has 0 spiro atoms. The van der Waals surface area contributed by atoms with Gasteiger partial charge in [0.25, 0.3) is 0 Å². The van der Waals surface area contributed by atoms with Crippen molar-refractivity contribution in [2.45, 2.75) is 20.8 Å². The minimum Gasteiger partial charge on any atom is -0.304 e. The summed E-state index contributed by atoms with van der Waals surface area (Å²) >= 11 is 0. The highest BCUT2D eigenvalue weighted by Crippen LogP contribution is 2.45. The molecule has 9 rings (SSSR count). The van der Waals surface area contributed by atoms with E-state index in [1.54, 1.807) is 0 Å². The lowest BCUT2D eigenvalue weighted by Gasteiger charge is -2.29. The first-order valence-electron chi connectivity index (χ1n) is 20.7. The van der Waals surface area contributed by atoms with Gasteiger partial charge in [-0.15, -0.1) is 0 Å². The highest BCUT2D eigenvalue weighted by atomic mass is 31.2. The van der Waals surface area contributed by atoms with Crippen molar-refractivity contribution in [2.24, 2.45) is 0 Å². The maximum absolute atomic E-state index is 16.9. The zero-order valence-electron chi connectivity index (χ0n) is 34.8. The number of para-hydroxylation sites is 6. The molecule has 0 aliphatic heterocycles. The summed E-state index contributed by atoms with van der Waals surface area (Å²) in [5, 5.41) is 0. The van der Waals surface area contributed by atoms with Gasteiger partial charge in [-0.3, -0.25) is 14.7 Å². The molecule has 0 bridgehead atoms. The van der Waals surface area contributed by atoms with Gasteiger partial charge in [0.2, 0.25) is 7.14 Å². The smallest absolute Gasteiger partial charge is 0.223 e. The van der Waals surface area contributed by atoms with Crippen molar-refractivity contribution >= 4 is 75.0 Å². The topological polar surface area (TPSA) is 65.5 Å². The number of aryl methyl sites for hydroxylation is 3.